The predicted molar refractivity (Wildman–Crippen MR) is 82.1 cm³/mol. The fraction of sp³-hybridized carbons (Fsp3) is 0.214. The highest BCUT2D eigenvalue weighted by molar-refractivity contribution is 7.13. The van der Waals surface area contributed by atoms with Gasteiger partial charge in [0.2, 0.25) is 5.88 Å². The highest BCUT2D eigenvalue weighted by Gasteiger charge is 2.13. The van der Waals surface area contributed by atoms with Crippen molar-refractivity contribution in [1.82, 2.24) is 14.8 Å². The van der Waals surface area contributed by atoms with Crippen LogP contribution in [0.15, 0.2) is 23.6 Å². The number of thiazole rings is 1. The lowest BCUT2D eigenvalue weighted by atomic mass is 10.1. The van der Waals surface area contributed by atoms with Gasteiger partial charge in [-0.2, -0.15) is 5.10 Å². The third kappa shape index (κ3) is 2.47. The molecule has 0 fully saturated rings. The first-order valence-corrected chi connectivity index (χ1v) is 7.20. The van der Waals surface area contributed by atoms with Crippen LogP contribution in [-0.4, -0.2) is 27.8 Å². The summed E-state index contributed by atoms with van der Waals surface area (Å²) < 4.78 is 6.94. The number of aromatic nitrogens is 3. The minimum Gasteiger partial charge on any atom is -0.481 e. The maximum atomic E-state index is 12.2. The van der Waals surface area contributed by atoms with E-state index < -0.39 is 0 Å². The molecule has 0 bridgehead atoms. The fourth-order valence-electron chi connectivity index (χ4n) is 2.14. The number of hydrogen-bond donors (Lipinski definition) is 1. The zero-order valence-electron chi connectivity index (χ0n) is 11.9. The highest BCUT2D eigenvalue weighted by Crippen LogP contribution is 2.25. The summed E-state index contributed by atoms with van der Waals surface area (Å²) in [4.78, 5) is 16.4. The third-order valence-corrected chi connectivity index (χ3v) is 3.95. The first-order chi connectivity index (χ1) is 10.1. The van der Waals surface area contributed by atoms with Crippen LogP contribution in [0.4, 0.5) is 5.13 Å². The molecule has 0 saturated carbocycles. The average molecular weight is 302 g/mol. The van der Waals surface area contributed by atoms with Gasteiger partial charge in [0.15, 0.2) is 5.13 Å². The van der Waals surface area contributed by atoms with Crippen molar-refractivity contribution in [2.24, 2.45) is 7.05 Å². The number of fused-ring (bicyclic) bond motifs is 1. The quantitative estimate of drug-likeness (QED) is 0.807. The third-order valence-electron chi connectivity index (χ3n) is 3.07. The van der Waals surface area contributed by atoms with Crippen molar-refractivity contribution >= 4 is 33.3 Å². The Morgan fingerprint density at radius 3 is 2.90 bits per heavy atom. The molecule has 1 aromatic carbocycles. The van der Waals surface area contributed by atoms with E-state index in [1.54, 1.807) is 31.0 Å². The SMILES string of the molecule is COc1c2ccc(C(=O)Nc3nc(C)cs3)cc2nn1C. The number of aryl methyl sites for hydroxylation is 2. The van der Waals surface area contributed by atoms with Crippen LogP contribution in [0.25, 0.3) is 10.9 Å². The summed E-state index contributed by atoms with van der Waals surface area (Å²) in [6, 6.07) is 5.33. The van der Waals surface area contributed by atoms with E-state index in [9.17, 15) is 4.79 Å². The molecular formula is C14H14N4O2S. The van der Waals surface area contributed by atoms with E-state index in [0.29, 0.717) is 16.6 Å². The molecule has 2 aromatic heterocycles. The number of benzene rings is 1. The predicted octanol–water partition coefficient (Wildman–Crippen LogP) is 2.60. The van der Waals surface area contributed by atoms with Gasteiger partial charge in [0, 0.05) is 18.0 Å². The van der Waals surface area contributed by atoms with Gasteiger partial charge >= 0.3 is 0 Å². The van der Waals surface area contributed by atoms with Gasteiger partial charge in [0.25, 0.3) is 5.91 Å². The van der Waals surface area contributed by atoms with E-state index in [1.165, 1.54) is 11.3 Å². The molecule has 0 atom stereocenters. The zero-order chi connectivity index (χ0) is 15.0. The van der Waals surface area contributed by atoms with Gasteiger partial charge < -0.3 is 4.74 Å². The molecule has 0 aliphatic heterocycles. The Labute approximate surface area is 125 Å². The van der Waals surface area contributed by atoms with E-state index in [0.717, 1.165) is 16.6 Å². The van der Waals surface area contributed by atoms with Gasteiger partial charge in [0.1, 0.15) is 0 Å². The van der Waals surface area contributed by atoms with Gasteiger partial charge in [0.05, 0.1) is 23.7 Å². The molecule has 21 heavy (non-hydrogen) atoms. The molecule has 2 heterocycles. The molecule has 0 saturated heterocycles. The van der Waals surface area contributed by atoms with Gasteiger partial charge in [-0.25, -0.2) is 9.67 Å². The van der Waals surface area contributed by atoms with Gasteiger partial charge in [-0.15, -0.1) is 11.3 Å². The molecule has 0 aliphatic rings. The van der Waals surface area contributed by atoms with E-state index in [1.807, 2.05) is 18.4 Å². The number of nitrogens with zero attached hydrogens (tertiary/aromatic N) is 3. The zero-order valence-corrected chi connectivity index (χ0v) is 12.7. The minimum atomic E-state index is -0.198. The number of methoxy groups -OCH3 is 1. The molecule has 7 heteroatoms. The van der Waals surface area contributed by atoms with Crippen molar-refractivity contribution in [3.63, 3.8) is 0 Å². The Kier molecular flexibility index (Phi) is 3.34. The molecule has 0 unspecified atom stereocenters. The molecule has 0 spiro atoms. The average Bonchev–Trinajstić information content (AvgIpc) is 3.00. The summed E-state index contributed by atoms with van der Waals surface area (Å²) in [5.41, 5.74) is 2.15. The number of hydrogen-bond acceptors (Lipinski definition) is 5. The molecule has 1 N–H and O–H groups in total. The molecule has 3 rings (SSSR count). The van der Waals surface area contributed by atoms with Crippen LogP contribution < -0.4 is 10.1 Å². The van der Waals surface area contributed by atoms with Crippen molar-refractivity contribution in [2.45, 2.75) is 6.92 Å². The second kappa shape index (κ2) is 5.17. The van der Waals surface area contributed by atoms with Crippen LogP contribution in [0.5, 0.6) is 5.88 Å². The van der Waals surface area contributed by atoms with Crippen LogP contribution in [0.1, 0.15) is 16.1 Å². The van der Waals surface area contributed by atoms with Crippen molar-refractivity contribution in [1.29, 1.82) is 0 Å². The highest BCUT2D eigenvalue weighted by atomic mass is 32.1. The number of carbonyl (C=O) groups excluding carboxylic acids is 1. The molecule has 108 valence electrons. The monoisotopic (exact) mass is 302 g/mol. The molecule has 1 amide bonds. The second-order valence-corrected chi connectivity index (χ2v) is 5.47. The van der Waals surface area contributed by atoms with Crippen LogP contribution in [-0.2, 0) is 7.05 Å². The summed E-state index contributed by atoms with van der Waals surface area (Å²) in [5, 5.41) is 10.5. The summed E-state index contributed by atoms with van der Waals surface area (Å²) in [6.07, 6.45) is 0. The van der Waals surface area contributed by atoms with E-state index in [4.69, 9.17) is 4.74 Å². The number of anilines is 1. The Hall–Kier alpha value is -2.41. The van der Waals surface area contributed by atoms with Crippen molar-refractivity contribution in [3.8, 4) is 5.88 Å². The van der Waals surface area contributed by atoms with Crippen LogP contribution >= 0.6 is 11.3 Å². The van der Waals surface area contributed by atoms with E-state index >= 15 is 0 Å². The van der Waals surface area contributed by atoms with Gasteiger partial charge in [-0.05, 0) is 25.1 Å². The van der Waals surface area contributed by atoms with Crippen molar-refractivity contribution < 1.29 is 9.53 Å². The lowest BCUT2D eigenvalue weighted by Crippen LogP contribution is -2.11. The van der Waals surface area contributed by atoms with Crippen LogP contribution in [0.3, 0.4) is 0 Å². The van der Waals surface area contributed by atoms with Crippen LogP contribution in [0, 0.1) is 6.92 Å². The summed E-state index contributed by atoms with van der Waals surface area (Å²) in [7, 11) is 3.40. The topological polar surface area (TPSA) is 69.0 Å². The lowest BCUT2D eigenvalue weighted by Gasteiger charge is -2.02. The molecule has 0 aliphatic carbocycles. The molecular weight excluding hydrogens is 288 g/mol. The second-order valence-electron chi connectivity index (χ2n) is 4.61. The number of nitrogens with one attached hydrogen (secondary N) is 1. The first kappa shape index (κ1) is 13.6. The molecule has 6 nitrogen and oxygen atoms in total. The smallest absolute Gasteiger partial charge is 0.257 e. The minimum absolute atomic E-state index is 0.198. The van der Waals surface area contributed by atoms with Gasteiger partial charge in [-0.3, -0.25) is 10.1 Å². The Morgan fingerprint density at radius 2 is 2.24 bits per heavy atom. The largest absolute Gasteiger partial charge is 0.481 e. The Balaban J connectivity index is 1.92. The number of rotatable bonds is 3. The maximum absolute atomic E-state index is 12.2. The summed E-state index contributed by atoms with van der Waals surface area (Å²) in [6.45, 7) is 1.89. The van der Waals surface area contributed by atoms with Crippen LogP contribution in [0.2, 0.25) is 0 Å². The number of amides is 1. The lowest BCUT2D eigenvalue weighted by molar-refractivity contribution is 0.102. The first-order valence-electron chi connectivity index (χ1n) is 6.32. The summed E-state index contributed by atoms with van der Waals surface area (Å²) in [5.74, 6) is 0.475. The maximum Gasteiger partial charge on any atom is 0.257 e. The normalized spacial score (nSPS) is 10.8. The number of carbonyl (C=O) groups is 1. The Bertz CT molecular complexity index is 822. The van der Waals surface area contributed by atoms with E-state index in [-0.39, 0.29) is 5.91 Å². The van der Waals surface area contributed by atoms with Gasteiger partial charge in [-0.1, -0.05) is 0 Å². The van der Waals surface area contributed by atoms with E-state index in [2.05, 4.69) is 15.4 Å². The number of ether oxygens (including phenoxy) is 1. The Morgan fingerprint density at radius 1 is 1.43 bits per heavy atom. The summed E-state index contributed by atoms with van der Waals surface area (Å²) >= 11 is 1.40. The molecule has 3 aromatic rings. The van der Waals surface area contributed by atoms with Crippen molar-refractivity contribution in [2.75, 3.05) is 12.4 Å². The molecule has 0 radical (unpaired) electrons. The fourth-order valence-corrected chi connectivity index (χ4v) is 2.82. The standard InChI is InChI=1S/C14H14N4O2S/c1-8-7-21-14(15-8)16-12(19)9-4-5-10-11(6-9)17-18(2)13(10)20-3/h4-7H,1-3H3,(H,15,16,19). The van der Waals surface area contributed by atoms with Crippen molar-refractivity contribution in [3.05, 3.63) is 34.8 Å².